The van der Waals surface area contributed by atoms with Crippen molar-refractivity contribution in [3.8, 4) is 0 Å². The molecule has 0 saturated carbocycles. The van der Waals surface area contributed by atoms with Crippen LogP contribution in [0.4, 0.5) is 34.6 Å². The zero-order valence-corrected chi connectivity index (χ0v) is 10.9. The Labute approximate surface area is 114 Å². The molecule has 0 radical (unpaired) electrons. The smallest absolute Gasteiger partial charge is 0.194 e. The molecule has 0 aliphatic heterocycles. The average molecular weight is 335 g/mol. The first-order valence-electron chi connectivity index (χ1n) is 5.04. The molecular weight excluding hydrogens is 328 g/mol. The van der Waals surface area contributed by atoms with Gasteiger partial charge < -0.3 is 11.1 Å². The minimum atomic E-state index is -1.56. The summed E-state index contributed by atoms with van der Waals surface area (Å²) in [5.74, 6) is -4.79. The van der Waals surface area contributed by atoms with Crippen molar-refractivity contribution < 1.29 is 17.6 Å². The molecule has 0 heterocycles. The van der Waals surface area contributed by atoms with Gasteiger partial charge in [0.25, 0.3) is 0 Å². The van der Waals surface area contributed by atoms with Gasteiger partial charge in [0.05, 0.1) is 15.8 Å². The molecule has 2 nitrogen and oxygen atoms in total. The largest absolute Gasteiger partial charge is 0.397 e. The first-order chi connectivity index (χ1) is 8.88. The van der Waals surface area contributed by atoms with Crippen LogP contribution in [0.15, 0.2) is 28.7 Å². The predicted octanol–water partition coefficient (Wildman–Crippen LogP) is 4.33. The van der Waals surface area contributed by atoms with Crippen LogP contribution in [0.25, 0.3) is 0 Å². The molecule has 19 heavy (non-hydrogen) atoms. The lowest BCUT2D eigenvalue weighted by Gasteiger charge is -2.11. The van der Waals surface area contributed by atoms with E-state index in [1.807, 2.05) is 0 Å². The molecule has 0 saturated heterocycles. The second kappa shape index (κ2) is 5.08. The van der Waals surface area contributed by atoms with Gasteiger partial charge in [-0.3, -0.25) is 0 Å². The van der Waals surface area contributed by atoms with Gasteiger partial charge in [0.1, 0.15) is 5.82 Å². The van der Waals surface area contributed by atoms with E-state index in [0.717, 1.165) is 18.2 Å². The van der Waals surface area contributed by atoms with Gasteiger partial charge >= 0.3 is 0 Å². The molecule has 0 unspecified atom stereocenters. The number of benzene rings is 2. The van der Waals surface area contributed by atoms with Crippen LogP contribution in [0.2, 0.25) is 0 Å². The summed E-state index contributed by atoms with van der Waals surface area (Å²) >= 11 is 2.96. The van der Waals surface area contributed by atoms with Gasteiger partial charge in [0.2, 0.25) is 0 Å². The van der Waals surface area contributed by atoms with E-state index in [-0.39, 0.29) is 21.5 Å². The lowest BCUT2D eigenvalue weighted by molar-refractivity contribution is 0.448. The Morgan fingerprint density at radius 2 is 1.47 bits per heavy atom. The Bertz CT molecular complexity index is 623. The number of nitrogens with two attached hydrogens (primary N) is 1. The van der Waals surface area contributed by atoms with Gasteiger partial charge in [-0.2, -0.15) is 0 Å². The van der Waals surface area contributed by atoms with E-state index in [2.05, 4.69) is 21.2 Å². The maximum atomic E-state index is 13.2. The zero-order chi connectivity index (χ0) is 14.2. The summed E-state index contributed by atoms with van der Waals surface area (Å²) in [7, 11) is 0. The molecule has 0 spiro atoms. The monoisotopic (exact) mass is 334 g/mol. The Morgan fingerprint density at radius 1 is 0.895 bits per heavy atom. The minimum Gasteiger partial charge on any atom is -0.397 e. The van der Waals surface area contributed by atoms with Gasteiger partial charge in [-0.25, -0.2) is 17.6 Å². The third-order valence-corrected chi connectivity index (χ3v) is 2.96. The summed E-state index contributed by atoms with van der Waals surface area (Å²) < 4.78 is 52.1. The van der Waals surface area contributed by atoms with E-state index in [4.69, 9.17) is 5.73 Å². The molecule has 3 N–H and O–H groups in total. The number of hydrogen-bond donors (Lipinski definition) is 2. The van der Waals surface area contributed by atoms with Gasteiger partial charge in [0, 0.05) is 23.9 Å². The summed E-state index contributed by atoms with van der Waals surface area (Å²) in [6.45, 7) is 0. The molecule has 100 valence electrons. The second-order valence-corrected chi connectivity index (χ2v) is 4.59. The second-order valence-electron chi connectivity index (χ2n) is 3.73. The normalized spacial score (nSPS) is 10.6. The van der Waals surface area contributed by atoms with Gasteiger partial charge in [-0.05, 0) is 22.0 Å². The SMILES string of the molecule is Nc1cc(F)c(Br)cc1Nc1cc(F)c(F)c(F)c1. The standard InChI is InChI=1S/C12H7BrF4N2/c13-6-3-11(10(18)4-7(6)14)19-5-1-8(15)12(17)9(16)2-5/h1-4,19H,18H2. The summed E-state index contributed by atoms with van der Waals surface area (Å²) in [6, 6.07) is 3.90. The van der Waals surface area contributed by atoms with E-state index in [9.17, 15) is 17.6 Å². The summed E-state index contributed by atoms with van der Waals surface area (Å²) in [5, 5.41) is 2.58. The van der Waals surface area contributed by atoms with E-state index in [0.29, 0.717) is 0 Å². The highest BCUT2D eigenvalue weighted by molar-refractivity contribution is 9.10. The van der Waals surface area contributed by atoms with Crippen molar-refractivity contribution >= 4 is 33.0 Å². The van der Waals surface area contributed by atoms with Crippen LogP contribution in [-0.4, -0.2) is 0 Å². The van der Waals surface area contributed by atoms with Crippen LogP contribution in [0.5, 0.6) is 0 Å². The lowest BCUT2D eigenvalue weighted by Crippen LogP contribution is -2.00. The maximum absolute atomic E-state index is 13.2. The molecule has 0 amide bonds. The Kier molecular flexibility index (Phi) is 3.66. The molecule has 2 rings (SSSR count). The quantitative estimate of drug-likeness (QED) is 0.487. The molecule has 0 aliphatic carbocycles. The number of nitrogen functional groups attached to an aromatic ring is 1. The molecule has 0 bridgehead atoms. The first-order valence-corrected chi connectivity index (χ1v) is 5.84. The molecule has 0 fully saturated rings. The van der Waals surface area contributed by atoms with Crippen molar-refractivity contribution in [2.24, 2.45) is 0 Å². The first kappa shape index (κ1) is 13.7. The Hall–Kier alpha value is -1.76. The molecule has 7 heteroatoms. The van der Waals surface area contributed by atoms with E-state index >= 15 is 0 Å². The van der Waals surface area contributed by atoms with Gasteiger partial charge in [-0.1, -0.05) is 0 Å². The topological polar surface area (TPSA) is 38.0 Å². The predicted molar refractivity (Wildman–Crippen MR) is 68.1 cm³/mol. The highest BCUT2D eigenvalue weighted by Crippen LogP contribution is 2.30. The lowest BCUT2D eigenvalue weighted by atomic mass is 10.2. The third-order valence-electron chi connectivity index (χ3n) is 2.36. The number of rotatable bonds is 2. The van der Waals surface area contributed by atoms with Crippen molar-refractivity contribution in [3.63, 3.8) is 0 Å². The summed E-state index contributed by atoms with van der Waals surface area (Å²) in [4.78, 5) is 0. The number of anilines is 3. The third kappa shape index (κ3) is 2.81. The average Bonchev–Trinajstić information content (AvgIpc) is 2.33. The highest BCUT2D eigenvalue weighted by Gasteiger charge is 2.12. The van der Waals surface area contributed by atoms with Crippen LogP contribution in [-0.2, 0) is 0 Å². The fraction of sp³-hybridized carbons (Fsp3) is 0. The molecular formula is C12H7BrF4N2. The minimum absolute atomic E-state index is 0.0402. The highest BCUT2D eigenvalue weighted by atomic mass is 79.9. The van der Waals surface area contributed by atoms with E-state index < -0.39 is 23.3 Å². The number of halogens is 5. The maximum Gasteiger partial charge on any atom is 0.194 e. The van der Waals surface area contributed by atoms with Gasteiger partial charge in [-0.15, -0.1) is 0 Å². The van der Waals surface area contributed by atoms with Crippen LogP contribution >= 0.6 is 15.9 Å². The van der Waals surface area contributed by atoms with Gasteiger partial charge in [0.15, 0.2) is 17.5 Å². The molecule has 2 aromatic rings. The van der Waals surface area contributed by atoms with Crippen LogP contribution in [0.1, 0.15) is 0 Å². The summed E-state index contributed by atoms with van der Waals surface area (Å²) in [6.07, 6.45) is 0. The number of hydrogen-bond acceptors (Lipinski definition) is 2. The zero-order valence-electron chi connectivity index (χ0n) is 9.28. The van der Waals surface area contributed by atoms with Crippen molar-refractivity contribution in [2.45, 2.75) is 0 Å². The fourth-order valence-corrected chi connectivity index (χ4v) is 1.80. The fourth-order valence-electron chi connectivity index (χ4n) is 1.45. The van der Waals surface area contributed by atoms with E-state index in [1.165, 1.54) is 6.07 Å². The van der Waals surface area contributed by atoms with Crippen LogP contribution in [0, 0.1) is 23.3 Å². The Morgan fingerprint density at radius 3 is 2.05 bits per heavy atom. The molecule has 0 aromatic heterocycles. The molecule has 0 aliphatic rings. The van der Waals surface area contributed by atoms with Crippen LogP contribution in [0.3, 0.4) is 0 Å². The van der Waals surface area contributed by atoms with Crippen molar-refractivity contribution in [1.82, 2.24) is 0 Å². The summed E-state index contributed by atoms with van der Waals surface area (Å²) in [5.41, 5.74) is 5.80. The van der Waals surface area contributed by atoms with Crippen molar-refractivity contribution in [2.75, 3.05) is 11.1 Å². The van der Waals surface area contributed by atoms with Crippen molar-refractivity contribution in [1.29, 1.82) is 0 Å². The van der Waals surface area contributed by atoms with Crippen LogP contribution < -0.4 is 11.1 Å². The van der Waals surface area contributed by atoms with E-state index in [1.54, 1.807) is 0 Å². The Balaban J connectivity index is 2.39. The molecule has 0 atom stereocenters. The van der Waals surface area contributed by atoms with Crippen molar-refractivity contribution in [3.05, 3.63) is 52.0 Å². The number of nitrogens with one attached hydrogen (secondary N) is 1. The molecule has 2 aromatic carbocycles.